The molecule has 0 radical (unpaired) electrons. The van der Waals surface area contributed by atoms with Gasteiger partial charge in [-0.05, 0) is 78.1 Å². The molecule has 0 N–H and O–H groups in total. The highest BCUT2D eigenvalue weighted by molar-refractivity contribution is 6.90. The van der Waals surface area contributed by atoms with Crippen molar-refractivity contribution in [2.75, 3.05) is 0 Å². The minimum atomic E-state index is -2.33. The van der Waals surface area contributed by atoms with Gasteiger partial charge in [0.25, 0.3) is 0 Å². The van der Waals surface area contributed by atoms with Crippen LogP contribution in [-0.4, -0.2) is 42.3 Å². The molecule has 0 aromatic carbocycles. The molecule has 9 heteroatoms. The lowest BCUT2D eigenvalue weighted by molar-refractivity contribution is 0.299. The maximum absolute atomic E-state index is 6.78. The first kappa shape index (κ1) is 36.9. The van der Waals surface area contributed by atoms with Gasteiger partial charge in [0.1, 0.15) is 0 Å². The summed E-state index contributed by atoms with van der Waals surface area (Å²) in [5.41, 5.74) is 0. The van der Waals surface area contributed by atoms with E-state index in [0.29, 0.717) is 0 Å². The molecule has 0 aliphatic heterocycles. The molecule has 218 valence electrons. The Morgan fingerprint density at radius 3 is 1.03 bits per heavy atom. The third kappa shape index (κ3) is 22.9. The van der Waals surface area contributed by atoms with Gasteiger partial charge in [-0.3, -0.25) is 0 Å². The second-order valence-electron chi connectivity index (χ2n) is 13.8. The summed E-state index contributed by atoms with van der Waals surface area (Å²) in [7, 11) is -10.2. The van der Waals surface area contributed by atoms with Gasteiger partial charge in [0.15, 0.2) is 16.6 Å². The van der Waals surface area contributed by atoms with Crippen LogP contribution >= 0.6 is 0 Å². The van der Waals surface area contributed by atoms with E-state index in [2.05, 4.69) is 78.9 Å². The molecule has 36 heavy (non-hydrogen) atoms. The van der Waals surface area contributed by atoms with Crippen molar-refractivity contribution < 1.29 is 16.5 Å². The first-order valence-corrected chi connectivity index (χ1v) is 30.2. The van der Waals surface area contributed by atoms with Gasteiger partial charge in [-0.15, -0.1) is 0 Å². The third-order valence-corrected chi connectivity index (χ3v) is 24.2. The van der Waals surface area contributed by atoms with E-state index < -0.39 is 42.3 Å². The number of hydrogen-bond acceptors (Lipinski definition) is 4. The molecule has 0 aromatic heterocycles. The monoisotopic (exact) mass is 594 g/mol. The van der Waals surface area contributed by atoms with E-state index in [1.165, 1.54) is 95.9 Å². The number of unbranched alkanes of at least 4 members (excludes halogenated alkanes) is 13. The molecule has 0 amide bonds. The van der Waals surface area contributed by atoms with Crippen molar-refractivity contribution in [1.29, 1.82) is 0 Å². The third-order valence-electron chi connectivity index (χ3n) is 6.19. The predicted octanol–water partition coefficient (Wildman–Crippen LogP) is 10.7. The second kappa shape index (κ2) is 17.6. The molecule has 0 aliphatic rings. The van der Waals surface area contributed by atoms with E-state index in [-0.39, 0.29) is 0 Å². The average molecular weight is 595 g/mol. The molecule has 0 heterocycles. The van der Waals surface area contributed by atoms with Crippen LogP contribution < -0.4 is 0 Å². The summed E-state index contributed by atoms with van der Waals surface area (Å²) < 4.78 is 26.4. The van der Waals surface area contributed by atoms with E-state index >= 15 is 0 Å². The largest absolute Gasteiger partial charge is 0.437 e. The van der Waals surface area contributed by atoms with Gasteiger partial charge in [0, 0.05) is 0 Å². The summed E-state index contributed by atoms with van der Waals surface area (Å²) in [6.45, 7) is 26.8. The van der Waals surface area contributed by atoms with Crippen molar-refractivity contribution in [2.24, 2.45) is 0 Å². The maximum atomic E-state index is 6.78. The first-order valence-electron chi connectivity index (χ1n) is 15.2. The Hall–Kier alpha value is 0.924. The fourth-order valence-electron chi connectivity index (χ4n) is 5.45. The Bertz CT molecular complexity index is 563. The molecule has 0 rings (SSSR count). The zero-order valence-electron chi connectivity index (χ0n) is 26.7. The Morgan fingerprint density at radius 2 is 0.667 bits per heavy atom. The van der Waals surface area contributed by atoms with Gasteiger partial charge in [0.05, 0.1) is 0 Å². The molecule has 0 bridgehead atoms. The lowest BCUT2D eigenvalue weighted by Crippen LogP contribution is -2.58. The number of rotatable bonds is 23. The van der Waals surface area contributed by atoms with E-state index in [1.807, 2.05) is 0 Å². The summed E-state index contributed by atoms with van der Waals surface area (Å²) in [5.74, 6) is 0. The second-order valence-corrected chi connectivity index (χ2v) is 33.7. The Morgan fingerprint density at radius 1 is 0.361 bits per heavy atom. The van der Waals surface area contributed by atoms with Crippen molar-refractivity contribution in [2.45, 2.75) is 175 Å². The van der Waals surface area contributed by atoms with Gasteiger partial charge < -0.3 is 16.5 Å². The van der Waals surface area contributed by atoms with Gasteiger partial charge in [-0.1, -0.05) is 96.8 Å². The van der Waals surface area contributed by atoms with Crippen LogP contribution in [0.2, 0.25) is 78.1 Å². The summed E-state index contributed by atoms with van der Waals surface area (Å²) in [6, 6.07) is 1.23. The minimum absolute atomic E-state index is 1.23. The SMILES string of the molecule is CCCCCCCCCCCCCCCC[Si](C)(C)O[Si](C)(C)O[Si](C)(C)O[Si](C)(C)O[Si](C)(C)C. The fraction of sp³-hybridized carbons (Fsp3) is 1.00. The minimum Gasteiger partial charge on any atom is -0.437 e. The van der Waals surface area contributed by atoms with Crippen LogP contribution in [0.4, 0.5) is 0 Å². The number of hydrogen-bond donors (Lipinski definition) is 0. The normalized spacial score (nSPS) is 14.0. The molecular weight excluding hydrogens is 529 g/mol. The molecule has 0 aromatic rings. The lowest BCUT2D eigenvalue weighted by Gasteiger charge is -2.42. The van der Waals surface area contributed by atoms with Crippen LogP contribution in [0, 0.1) is 0 Å². The summed E-state index contributed by atoms with van der Waals surface area (Å²) in [6.07, 6.45) is 19.7. The van der Waals surface area contributed by atoms with Crippen LogP contribution in [0.1, 0.15) is 96.8 Å². The summed E-state index contributed by atoms with van der Waals surface area (Å²) in [5, 5.41) is 0. The van der Waals surface area contributed by atoms with Gasteiger partial charge >= 0.3 is 25.7 Å². The zero-order chi connectivity index (χ0) is 27.9. The van der Waals surface area contributed by atoms with E-state index in [4.69, 9.17) is 16.5 Å². The van der Waals surface area contributed by atoms with Gasteiger partial charge in [-0.25, -0.2) is 0 Å². The predicted molar refractivity (Wildman–Crippen MR) is 173 cm³/mol. The first-order chi connectivity index (χ1) is 16.4. The van der Waals surface area contributed by atoms with Crippen LogP contribution in [0.25, 0.3) is 0 Å². The lowest BCUT2D eigenvalue weighted by atomic mass is 10.0. The van der Waals surface area contributed by atoms with Crippen LogP contribution in [0.15, 0.2) is 0 Å². The van der Waals surface area contributed by atoms with Crippen molar-refractivity contribution in [3.63, 3.8) is 0 Å². The highest BCUT2D eigenvalue weighted by atomic mass is 28.5. The van der Waals surface area contributed by atoms with Gasteiger partial charge in [-0.2, -0.15) is 0 Å². The zero-order valence-corrected chi connectivity index (χ0v) is 31.7. The highest BCUT2D eigenvalue weighted by Crippen LogP contribution is 2.28. The van der Waals surface area contributed by atoms with Crippen molar-refractivity contribution in [3.05, 3.63) is 0 Å². The summed E-state index contributed by atoms with van der Waals surface area (Å²) >= 11 is 0. The van der Waals surface area contributed by atoms with Crippen LogP contribution in [0.3, 0.4) is 0 Å². The summed E-state index contributed by atoms with van der Waals surface area (Å²) in [4.78, 5) is 0. The van der Waals surface area contributed by atoms with Crippen molar-refractivity contribution >= 4 is 42.3 Å². The van der Waals surface area contributed by atoms with E-state index in [9.17, 15) is 0 Å². The van der Waals surface area contributed by atoms with Crippen LogP contribution in [-0.2, 0) is 16.5 Å². The van der Waals surface area contributed by atoms with Crippen LogP contribution in [0.5, 0.6) is 0 Å². The average Bonchev–Trinajstić information content (AvgIpc) is 2.63. The van der Waals surface area contributed by atoms with Crippen molar-refractivity contribution in [3.8, 4) is 0 Å². The molecule has 0 fully saturated rings. The highest BCUT2D eigenvalue weighted by Gasteiger charge is 2.45. The molecule has 0 aliphatic carbocycles. The Kier molecular flexibility index (Phi) is 18.0. The smallest absolute Gasteiger partial charge is 0.314 e. The van der Waals surface area contributed by atoms with E-state index in [1.54, 1.807) is 0 Å². The Balaban J connectivity index is 4.13. The maximum Gasteiger partial charge on any atom is 0.314 e. The molecule has 0 saturated heterocycles. The quantitative estimate of drug-likeness (QED) is 0.0870. The molecular formula is C27H66O4Si5. The molecule has 0 spiro atoms. The fourth-order valence-corrected chi connectivity index (χ4v) is 29.3. The molecule has 0 unspecified atom stereocenters. The van der Waals surface area contributed by atoms with Crippen molar-refractivity contribution in [1.82, 2.24) is 0 Å². The standard InChI is InChI=1S/C27H66O4Si5/c1-13-14-15-16-17-18-19-20-21-22-23-24-25-26-27-33(5,6)29-35(9,10)31-36(11,12)30-34(7,8)28-32(2,3)4/h13-27H2,1-12H3. The van der Waals surface area contributed by atoms with Gasteiger partial charge in [0.2, 0.25) is 0 Å². The van der Waals surface area contributed by atoms with E-state index in [0.717, 1.165) is 0 Å². The molecule has 0 saturated carbocycles. The molecule has 4 nitrogen and oxygen atoms in total. The Labute approximate surface area is 233 Å². The topological polar surface area (TPSA) is 36.9 Å². The molecule has 0 atom stereocenters.